The second kappa shape index (κ2) is 4.58. The van der Waals surface area contributed by atoms with Gasteiger partial charge in [0.2, 0.25) is 5.91 Å². The van der Waals surface area contributed by atoms with Crippen molar-refractivity contribution in [2.24, 2.45) is 5.73 Å². The van der Waals surface area contributed by atoms with E-state index in [1.165, 1.54) is 0 Å². The first-order chi connectivity index (χ1) is 6.19. The summed E-state index contributed by atoms with van der Waals surface area (Å²) < 4.78 is 0. The smallest absolute Gasteiger partial charge is 0.236 e. The van der Waals surface area contributed by atoms with E-state index in [2.05, 4.69) is 11.9 Å². The fourth-order valence-corrected chi connectivity index (χ4v) is 1.92. The van der Waals surface area contributed by atoms with Crippen LogP contribution in [0, 0.1) is 0 Å². The average molecular weight is 185 g/mol. The van der Waals surface area contributed by atoms with Crippen LogP contribution in [-0.4, -0.2) is 55.0 Å². The lowest BCUT2D eigenvalue weighted by Crippen LogP contribution is -2.44. The molecule has 76 valence electrons. The number of amides is 1. The lowest BCUT2D eigenvalue weighted by atomic mass is 10.2. The number of carbonyl (C=O) groups is 1. The van der Waals surface area contributed by atoms with E-state index < -0.39 is 0 Å². The second-order valence-corrected chi connectivity index (χ2v) is 3.59. The lowest BCUT2D eigenvalue weighted by molar-refractivity contribution is -0.131. The fraction of sp³-hybridized carbons (Fsp3) is 0.889. The van der Waals surface area contributed by atoms with E-state index in [9.17, 15) is 4.79 Å². The Labute approximate surface area is 79.7 Å². The van der Waals surface area contributed by atoms with Gasteiger partial charge >= 0.3 is 0 Å². The molecule has 1 saturated heterocycles. The SMILES string of the molecule is CCN(C(=O)CN)C1CCN(C)C1. The molecule has 0 aliphatic carbocycles. The van der Waals surface area contributed by atoms with E-state index in [-0.39, 0.29) is 12.5 Å². The summed E-state index contributed by atoms with van der Waals surface area (Å²) in [7, 11) is 2.08. The normalized spacial score (nSPS) is 23.5. The first-order valence-electron chi connectivity index (χ1n) is 4.87. The van der Waals surface area contributed by atoms with E-state index in [1.807, 2.05) is 11.8 Å². The van der Waals surface area contributed by atoms with Gasteiger partial charge in [-0.1, -0.05) is 0 Å². The van der Waals surface area contributed by atoms with Crippen molar-refractivity contribution in [1.29, 1.82) is 0 Å². The monoisotopic (exact) mass is 185 g/mol. The minimum atomic E-state index is 0.0720. The molecule has 0 bridgehead atoms. The van der Waals surface area contributed by atoms with Gasteiger partial charge in [-0.15, -0.1) is 0 Å². The molecule has 1 aliphatic heterocycles. The molecule has 1 amide bonds. The average Bonchev–Trinajstić information content (AvgIpc) is 2.53. The number of likely N-dealkylation sites (tertiary alicyclic amines) is 1. The molecule has 0 aromatic rings. The third-order valence-corrected chi connectivity index (χ3v) is 2.64. The molecular weight excluding hydrogens is 166 g/mol. The third kappa shape index (κ3) is 2.42. The first kappa shape index (κ1) is 10.5. The van der Waals surface area contributed by atoms with E-state index >= 15 is 0 Å². The zero-order valence-electron chi connectivity index (χ0n) is 8.49. The summed E-state index contributed by atoms with van der Waals surface area (Å²) in [5.74, 6) is 0.0720. The first-order valence-corrected chi connectivity index (χ1v) is 4.87. The molecule has 1 rings (SSSR count). The molecule has 13 heavy (non-hydrogen) atoms. The van der Waals surface area contributed by atoms with E-state index in [4.69, 9.17) is 5.73 Å². The van der Waals surface area contributed by atoms with Crippen LogP contribution in [0.15, 0.2) is 0 Å². The molecule has 1 fully saturated rings. The number of likely N-dealkylation sites (N-methyl/N-ethyl adjacent to an activating group) is 2. The number of nitrogens with zero attached hydrogens (tertiary/aromatic N) is 2. The molecule has 1 heterocycles. The van der Waals surface area contributed by atoms with Crippen LogP contribution in [0.4, 0.5) is 0 Å². The van der Waals surface area contributed by atoms with Crippen LogP contribution in [0.25, 0.3) is 0 Å². The molecule has 0 aromatic carbocycles. The minimum absolute atomic E-state index is 0.0720. The Morgan fingerprint density at radius 3 is 2.77 bits per heavy atom. The Morgan fingerprint density at radius 1 is 1.69 bits per heavy atom. The zero-order chi connectivity index (χ0) is 9.84. The van der Waals surface area contributed by atoms with Crippen molar-refractivity contribution in [3.8, 4) is 0 Å². The molecule has 4 nitrogen and oxygen atoms in total. The van der Waals surface area contributed by atoms with Crippen LogP contribution < -0.4 is 5.73 Å². The Balaban J connectivity index is 2.51. The maximum absolute atomic E-state index is 11.4. The maximum atomic E-state index is 11.4. The molecule has 1 atom stereocenters. The van der Waals surface area contributed by atoms with Crippen molar-refractivity contribution >= 4 is 5.91 Å². The van der Waals surface area contributed by atoms with Crippen molar-refractivity contribution in [3.63, 3.8) is 0 Å². The predicted octanol–water partition coefficient (Wildman–Crippen LogP) is -0.502. The summed E-state index contributed by atoms with van der Waals surface area (Å²) >= 11 is 0. The molecular formula is C9H19N3O. The van der Waals surface area contributed by atoms with Gasteiger partial charge in [-0.3, -0.25) is 4.79 Å². The van der Waals surface area contributed by atoms with Gasteiger partial charge in [0.15, 0.2) is 0 Å². The van der Waals surface area contributed by atoms with Crippen LogP contribution in [-0.2, 0) is 4.79 Å². The Morgan fingerprint density at radius 2 is 2.38 bits per heavy atom. The van der Waals surface area contributed by atoms with Crippen LogP contribution in [0.3, 0.4) is 0 Å². The van der Waals surface area contributed by atoms with Gasteiger partial charge in [-0.2, -0.15) is 0 Å². The number of rotatable bonds is 3. The number of carbonyl (C=O) groups excluding carboxylic acids is 1. The molecule has 4 heteroatoms. The molecule has 0 radical (unpaired) electrons. The largest absolute Gasteiger partial charge is 0.338 e. The molecule has 0 aromatic heterocycles. The summed E-state index contributed by atoms with van der Waals surface area (Å²) in [6.45, 7) is 4.98. The highest BCUT2D eigenvalue weighted by molar-refractivity contribution is 5.78. The minimum Gasteiger partial charge on any atom is -0.338 e. The molecule has 1 unspecified atom stereocenters. The van der Waals surface area contributed by atoms with Gasteiger partial charge in [0.1, 0.15) is 0 Å². The summed E-state index contributed by atoms with van der Waals surface area (Å²) in [5, 5.41) is 0. The van der Waals surface area contributed by atoms with Crippen molar-refractivity contribution < 1.29 is 4.79 Å². The number of nitrogens with two attached hydrogens (primary N) is 1. The highest BCUT2D eigenvalue weighted by Gasteiger charge is 2.26. The van der Waals surface area contributed by atoms with Gasteiger partial charge in [0.25, 0.3) is 0 Å². The van der Waals surface area contributed by atoms with Gasteiger partial charge in [-0.25, -0.2) is 0 Å². The van der Waals surface area contributed by atoms with Crippen molar-refractivity contribution in [2.75, 3.05) is 33.2 Å². The Hall–Kier alpha value is -0.610. The topological polar surface area (TPSA) is 49.6 Å². The van der Waals surface area contributed by atoms with E-state index in [1.54, 1.807) is 0 Å². The lowest BCUT2D eigenvalue weighted by Gasteiger charge is -2.27. The highest BCUT2D eigenvalue weighted by Crippen LogP contribution is 2.13. The third-order valence-electron chi connectivity index (χ3n) is 2.64. The summed E-state index contributed by atoms with van der Waals surface area (Å²) in [5.41, 5.74) is 5.35. The van der Waals surface area contributed by atoms with Crippen molar-refractivity contribution in [3.05, 3.63) is 0 Å². The van der Waals surface area contributed by atoms with Crippen LogP contribution in [0.1, 0.15) is 13.3 Å². The number of hydrogen-bond acceptors (Lipinski definition) is 3. The summed E-state index contributed by atoms with van der Waals surface area (Å²) in [6.07, 6.45) is 1.08. The maximum Gasteiger partial charge on any atom is 0.236 e. The van der Waals surface area contributed by atoms with Gasteiger partial charge in [-0.05, 0) is 26.9 Å². The van der Waals surface area contributed by atoms with Gasteiger partial charge in [0, 0.05) is 19.1 Å². The van der Waals surface area contributed by atoms with E-state index in [0.717, 1.165) is 26.1 Å². The molecule has 0 spiro atoms. The Kier molecular flexibility index (Phi) is 3.69. The van der Waals surface area contributed by atoms with Crippen molar-refractivity contribution in [2.45, 2.75) is 19.4 Å². The quantitative estimate of drug-likeness (QED) is 0.645. The molecule has 0 saturated carbocycles. The zero-order valence-corrected chi connectivity index (χ0v) is 8.49. The van der Waals surface area contributed by atoms with Crippen LogP contribution in [0.5, 0.6) is 0 Å². The predicted molar refractivity (Wildman–Crippen MR) is 52.3 cm³/mol. The highest BCUT2D eigenvalue weighted by atomic mass is 16.2. The van der Waals surface area contributed by atoms with Gasteiger partial charge < -0.3 is 15.5 Å². The fourth-order valence-electron chi connectivity index (χ4n) is 1.92. The van der Waals surface area contributed by atoms with E-state index in [0.29, 0.717) is 6.04 Å². The Bertz CT molecular complexity index is 184. The molecule has 2 N–H and O–H groups in total. The van der Waals surface area contributed by atoms with Gasteiger partial charge in [0.05, 0.1) is 6.54 Å². The summed E-state index contributed by atoms with van der Waals surface area (Å²) in [4.78, 5) is 15.6. The van der Waals surface area contributed by atoms with Crippen molar-refractivity contribution in [1.82, 2.24) is 9.80 Å². The second-order valence-electron chi connectivity index (χ2n) is 3.59. The summed E-state index contributed by atoms with van der Waals surface area (Å²) in [6, 6.07) is 0.381. The molecule has 1 aliphatic rings. The number of hydrogen-bond donors (Lipinski definition) is 1. The van der Waals surface area contributed by atoms with Crippen LogP contribution >= 0.6 is 0 Å². The van der Waals surface area contributed by atoms with Crippen LogP contribution in [0.2, 0.25) is 0 Å². The standard InChI is InChI=1S/C9H19N3O/c1-3-12(9(13)6-10)8-4-5-11(2)7-8/h8H,3-7,10H2,1-2H3.